The minimum absolute atomic E-state index is 0.0295. The molecule has 3 fully saturated rings. The van der Waals surface area contributed by atoms with E-state index in [0.29, 0.717) is 50.8 Å². The summed E-state index contributed by atoms with van der Waals surface area (Å²) < 4.78 is 14.6. The molecule has 0 radical (unpaired) electrons. The number of hydrogen-bond donors (Lipinski definition) is 4. The summed E-state index contributed by atoms with van der Waals surface area (Å²) in [5.41, 5.74) is 1.61. The number of piperazine rings is 1. The number of pyridine rings is 1. The molecular formula is C29H33ClFN7O2S. The quantitative estimate of drug-likeness (QED) is 0.250. The maximum Gasteiger partial charge on any atom is 0.232 e. The van der Waals surface area contributed by atoms with Gasteiger partial charge in [0, 0.05) is 66.0 Å². The van der Waals surface area contributed by atoms with Crippen molar-refractivity contribution >= 4 is 46.5 Å². The maximum atomic E-state index is 14.6. The van der Waals surface area contributed by atoms with Crippen LogP contribution in [-0.4, -0.2) is 75.2 Å². The molecule has 1 aliphatic heterocycles. The standard InChI is InChI=1S/C29H33ClFN7O2S/c1-17-12-38(13-18(2)33-17)16-28-14-29(28,15-28)27(40)35-25-10-20(5-6-32-25)34-24-11-23(36-37-26(24)41-8-7-39)21-9-19(30)3-4-22(21)31/h3-6,9-11,17-18,33,39H,7-8,12-16H2,1-2H3,(H2,32,34,35,36,40). The predicted octanol–water partition coefficient (Wildman–Crippen LogP) is 4.56. The largest absolute Gasteiger partial charge is 0.396 e. The van der Waals surface area contributed by atoms with Crippen LogP contribution in [0.3, 0.4) is 0 Å². The molecule has 1 saturated heterocycles. The number of fused-ring (bicyclic) bond motifs is 1. The molecular weight excluding hydrogens is 565 g/mol. The number of benzene rings is 1. The van der Waals surface area contributed by atoms with Gasteiger partial charge >= 0.3 is 0 Å². The number of anilines is 3. The smallest absolute Gasteiger partial charge is 0.232 e. The number of aromatic nitrogens is 3. The molecule has 2 saturated carbocycles. The van der Waals surface area contributed by atoms with E-state index in [1.807, 2.05) is 0 Å². The molecule has 0 bridgehead atoms. The van der Waals surface area contributed by atoms with E-state index in [-0.39, 0.29) is 28.9 Å². The van der Waals surface area contributed by atoms with Crippen molar-refractivity contribution in [3.05, 3.63) is 53.4 Å². The van der Waals surface area contributed by atoms with Gasteiger partial charge in [0.25, 0.3) is 0 Å². The van der Waals surface area contributed by atoms with E-state index in [1.54, 1.807) is 24.4 Å². The van der Waals surface area contributed by atoms with Crippen LogP contribution in [0.1, 0.15) is 26.7 Å². The summed E-state index contributed by atoms with van der Waals surface area (Å²) in [7, 11) is 0. The van der Waals surface area contributed by atoms with Gasteiger partial charge in [-0.05, 0) is 62.4 Å². The number of carbonyl (C=O) groups is 1. The monoisotopic (exact) mass is 597 g/mol. The molecule has 3 heterocycles. The Bertz CT molecular complexity index is 1460. The summed E-state index contributed by atoms with van der Waals surface area (Å²) in [6.45, 7) is 7.36. The van der Waals surface area contributed by atoms with Crippen LogP contribution in [-0.2, 0) is 4.79 Å². The molecule has 6 rings (SSSR count). The van der Waals surface area contributed by atoms with Crippen LogP contribution in [0, 0.1) is 16.6 Å². The summed E-state index contributed by atoms with van der Waals surface area (Å²) in [4.78, 5) is 20.2. The lowest BCUT2D eigenvalue weighted by molar-refractivity contribution is -0.119. The van der Waals surface area contributed by atoms with Gasteiger partial charge in [-0.15, -0.1) is 22.0 Å². The van der Waals surface area contributed by atoms with Crippen LogP contribution in [0.25, 0.3) is 11.3 Å². The molecule has 3 aromatic rings. The zero-order valence-electron chi connectivity index (χ0n) is 23.0. The first-order chi connectivity index (χ1) is 19.7. The van der Waals surface area contributed by atoms with Crippen LogP contribution in [0.4, 0.5) is 21.6 Å². The first-order valence-electron chi connectivity index (χ1n) is 13.8. The van der Waals surface area contributed by atoms with Crippen molar-refractivity contribution < 1.29 is 14.3 Å². The second-order valence-corrected chi connectivity index (χ2v) is 13.1. The zero-order valence-corrected chi connectivity index (χ0v) is 24.5. The van der Waals surface area contributed by atoms with E-state index in [4.69, 9.17) is 11.6 Å². The van der Waals surface area contributed by atoms with E-state index in [1.165, 1.54) is 30.0 Å². The molecule has 0 spiro atoms. The number of rotatable bonds is 10. The summed E-state index contributed by atoms with van der Waals surface area (Å²) >= 11 is 7.42. The third kappa shape index (κ3) is 5.78. The van der Waals surface area contributed by atoms with Gasteiger partial charge in [0.1, 0.15) is 16.7 Å². The molecule has 216 valence electrons. The Morgan fingerprint density at radius 1 is 1.20 bits per heavy atom. The normalized spacial score (nSPS) is 26.8. The van der Waals surface area contributed by atoms with Crippen LogP contribution in [0.2, 0.25) is 5.02 Å². The van der Waals surface area contributed by atoms with E-state index in [9.17, 15) is 14.3 Å². The Kier molecular flexibility index (Phi) is 7.67. The number of halogens is 2. The summed E-state index contributed by atoms with van der Waals surface area (Å²) in [5.74, 6) is 0.443. The molecule has 2 aliphatic carbocycles. The van der Waals surface area contributed by atoms with Gasteiger partial charge in [0.15, 0.2) is 0 Å². The second kappa shape index (κ2) is 11.1. The average Bonchev–Trinajstić information content (AvgIpc) is 3.76. The predicted molar refractivity (Wildman–Crippen MR) is 159 cm³/mol. The number of thioether (sulfide) groups is 1. The van der Waals surface area contributed by atoms with E-state index in [0.717, 1.165) is 32.5 Å². The van der Waals surface area contributed by atoms with Crippen molar-refractivity contribution in [2.24, 2.45) is 10.8 Å². The van der Waals surface area contributed by atoms with E-state index < -0.39 is 5.82 Å². The van der Waals surface area contributed by atoms with Crippen LogP contribution in [0.15, 0.2) is 47.6 Å². The fourth-order valence-corrected chi connectivity index (χ4v) is 7.01. The Hall–Kier alpha value is -2.83. The Balaban J connectivity index is 1.16. The van der Waals surface area contributed by atoms with Crippen LogP contribution < -0.4 is 16.0 Å². The number of nitrogens with one attached hydrogen (secondary N) is 3. The van der Waals surface area contributed by atoms with Crippen molar-refractivity contribution in [1.29, 1.82) is 0 Å². The molecule has 2 aromatic heterocycles. The number of aliphatic hydroxyl groups excluding tert-OH is 1. The summed E-state index contributed by atoms with van der Waals surface area (Å²) in [5, 5.41) is 28.6. The lowest BCUT2D eigenvalue weighted by Gasteiger charge is -2.36. The second-order valence-electron chi connectivity index (χ2n) is 11.5. The van der Waals surface area contributed by atoms with Gasteiger partial charge in [-0.3, -0.25) is 9.69 Å². The molecule has 2 atom stereocenters. The number of carbonyl (C=O) groups excluding carboxylic acids is 1. The lowest BCUT2D eigenvalue weighted by Crippen LogP contribution is -2.54. The molecule has 4 N–H and O–H groups in total. The van der Waals surface area contributed by atoms with Gasteiger partial charge in [-0.1, -0.05) is 11.6 Å². The van der Waals surface area contributed by atoms with Crippen LogP contribution in [0.5, 0.6) is 0 Å². The van der Waals surface area contributed by atoms with Crippen molar-refractivity contribution in [3.8, 4) is 11.3 Å². The highest BCUT2D eigenvalue weighted by atomic mass is 35.5. The molecule has 2 unspecified atom stereocenters. The average molecular weight is 598 g/mol. The fourth-order valence-electron chi connectivity index (χ4n) is 6.19. The summed E-state index contributed by atoms with van der Waals surface area (Å²) in [6.07, 6.45) is 3.47. The van der Waals surface area contributed by atoms with Crippen LogP contribution >= 0.6 is 23.4 Å². The third-order valence-electron chi connectivity index (χ3n) is 8.21. The van der Waals surface area contributed by atoms with Gasteiger partial charge in [0.05, 0.1) is 23.4 Å². The van der Waals surface area contributed by atoms with Gasteiger partial charge in [-0.25, -0.2) is 9.37 Å². The highest BCUT2D eigenvalue weighted by molar-refractivity contribution is 7.99. The minimum atomic E-state index is -0.462. The first kappa shape index (κ1) is 28.3. The number of nitrogens with zero attached hydrogens (tertiary/aromatic N) is 4. The van der Waals surface area contributed by atoms with Crippen molar-refractivity contribution in [2.45, 2.75) is 43.8 Å². The topological polar surface area (TPSA) is 115 Å². The van der Waals surface area contributed by atoms with E-state index >= 15 is 0 Å². The summed E-state index contributed by atoms with van der Waals surface area (Å²) in [6, 6.07) is 10.4. The molecule has 41 heavy (non-hydrogen) atoms. The fraction of sp³-hybridized carbons (Fsp3) is 0.448. The molecule has 12 heteroatoms. The van der Waals surface area contributed by atoms with Crippen molar-refractivity contribution in [3.63, 3.8) is 0 Å². The molecule has 1 amide bonds. The molecule has 1 aromatic carbocycles. The van der Waals surface area contributed by atoms with Gasteiger partial charge in [-0.2, -0.15) is 0 Å². The van der Waals surface area contributed by atoms with Gasteiger partial charge in [0.2, 0.25) is 5.91 Å². The Morgan fingerprint density at radius 3 is 2.73 bits per heavy atom. The minimum Gasteiger partial charge on any atom is -0.396 e. The third-order valence-corrected chi connectivity index (χ3v) is 9.41. The SMILES string of the molecule is CC1CN(CC23CC2(C(=O)Nc2cc(Nc4cc(-c5cc(Cl)ccc5F)nnc4SCCO)ccn2)C3)CC(C)N1. The maximum absolute atomic E-state index is 14.6. The van der Waals surface area contributed by atoms with E-state index in [2.05, 4.69) is 49.9 Å². The Labute approximate surface area is 247 Å². The zero-order chi connectivity index (χ0) is 28.8. The first-order valence-corrected chi connectivity index (χ1v) is 15.2. The Morgan fingerprint density at radius 2 is 1.98 bits per heavy atom. The lowest BCUT2D eigenvalue weighted by atomic mass is 10.1. The number of aliphatic hydroxyl groups is 1. The van der Waals surface area contributed by atoms with Crippen molar-refractivity contribution in [2.75, 3.05) is 42.6 Å². The highest BCUT2D eigenvalue weighted by Crippen LogP contribution is 2.86. The van der Waals surface area contributed by atoms with Gasteiger partial charge < -0.3 is 21.1 Å². The number of amides is 1. The molecule has 9 nitrogen and oxygen atoms in total. The molecule has 3 aliphatic rings. The highest BCUT2D eigenvalue weighted by Gasteiger charge is 2.86. The number of hydrogen-bond acceptors (Lipinski definition) is 9. The van der Waals surface area contributed by atoms with Crippen molar-refractivity contribution in [1.82, 2.24) is 25.4 Å².